The van der Waals surface area contributed by atoms with E-state index in [0.717, 1.165) is 11.1 Å². The van der Waals surface area contributed by atoms with Crippen molar-refractivity contribution < 1.29 is 9.18 Å². The number of fused-ring (bicyclic) bond motifs is 1. The lowest BCUT2D eigenvalue weighted by Gasteiger charge is -2.23. The fraction of sp³-hybridized carbons (Fsp3) is 0.231. The van der Waals surface area contributed by atoms with Gasteiger partial charge in [-0.2, -0.15) is 0 Å². The van der Waals surface area contributed by atoms with E-state index in [2.05, 4.69) is 15.3 Å². The van der Waals surface area contributed by atoms with E-state index in [4.69, 9.17) is 0 Å². The number of benzene rings is 2. The number of thioether (sulfide) groups is 1. The molecule has 0 aliphatic carbocycles. The van der Waals surface area contributed by atoms with E-state index in [9.17, 15) is 14.0 Å². The maximum Gasteiger partial charge on any atom is 0.267 e. The van der Waals surface area contributed by atoms with E-state index in [-0.39, 0.29) is 35.0 Å². The van der Waals surface area contributed by atoms with Gasteiger partial charge in [-0.05, 0) is 54.3 Å². The van der Waals surface area contributed by atoms with Crippen LogP contribution in [0, 0.1) is 18.7 Å². The van der Waals surface area contributed by atoms with Crippen LogP contribution in [0.4, 0.5) is 4.39 Å². The van der Waals surface area contributed by atoms with Gasteiger partial charge in [-0.25, -0.2) is 18.9 Å². The first-order chi connectivity index (χ1) is 16.3. The average Bonchev–Trinajstić information content (AvgIpc) is 2.83. The SMILES string of the molecule is Cc1ccc(-n2c(SCC(=O)NC(c3ccc(F)cc3)C(C)C)nc3ccccc3c2=O)nc1. The second-order valence-corrected chi connectivity index (χ2v) is 9.32. The Morgan fingerprint density at radius 3 is 2.50 bits per heavy atom. The number of carbonyl (C=O) groups is 1. The van der Waals surface area contributed by atoms with Gasteiger partial charge in [0, 0.05) is 6.20 Å². The highest BCUT2D eigenvalue weighted by molar-refractivity contribution is 7.99. The molecule has 8 heteroatoms. The predicted octanol–water partition coefficient (Wildman–Crippen LogP) is 4.83. The minimum absolute atomic E-state index is 0.0566. The first kappa shape index (κ1) is 23.6. The lowest BCUT2D eigenvalue weighted by atomic mass is 9.96. The fourth-order valence-corrected chi connectivity index (χ4v) is 4.47. The Labute approximate surface area is 201 Å². The van der Waals surface area contributed by atoms with E-state index in [1.165, 1.54) is 28.5 Å². The smallest absolute Gasteiger partial charge is 0.267 e. The largest absolute Gasteiger partial charge is 0.348 e. The van der Waals surface area contributed by atoms with Crippen molar-refractivity contribution in [2.45, 2.75) is 32.0 Å². The molecule has 0 bridgehead atoms. The van der Waals surface area contributed by atoms with Crippen LogP contribution in [-0.2, 0) is 4.79 Å². The first-order valence-corrected chi connectivity index (χ1v) is 11.9. The Morgan fingerprint density at radius 2 is 1.82 bits per heavy atom. The van der Waals surface area contributed by atoms with E-state index in [1.807, 2.05) is 32.9 Å². The highest BCUT2D eigenvalue weighted by Crippen LogP contribution is 2.24. The van der Waals surface area contributed by atoms with Crippen molar-refractivity contribution >= 4 is 28.6 Å². The van der Waals surface area contributed by atoms with Crippen molar-refractivity contribution in [2.75, 3.05) is 5.75 Å². The molecule has 4 aromatic rings. The molecule has 2 heterocycles. The zero-order chi connectivity index (χ0) is 24.2. The van der Waals surface area contributed by atoms with Gasteiger partial charge in [0.1, 0.15) is 11.6 Å². The van der Waals surface area contributed by atoms with Crippen molar-refractivity contribution in [3.63, 3.8) is 0 Å². The second kappa shape index (κ2) is 10.2. The van der Waals surface area contributed by atoms with Crippen molar-refractivity contribution in [1.29, 1.82) is 0 Å². The second-order valence-electron chi connectivity index (χ2n) is 8.38. The molecule has 1 unspecified atom stereocenters. The van der Waals surface area contributed by atoms with Crippen LogP contribution in [0.1, 0.15) is 31.0 Å². The lowest BCUT2D eigenvalue weighted by Crippen LogP contribution is -2.33. The number of aryl methyl sites for hydroxylation is 1. The molecule has 0 aliphatic rings. The molecule has 174 valence electrons. The van der Waals surface area contributed by atoms with Gasteiger partial charge in [0.2, 0.25) is 5.91 Å². The molecule has 34 heavy (non-hydrogen) atoms. The van der Waals surface area contributed by atoms with Crippen LogP contribution in [0.25, 0.3) is 16.7 Å². The van der Waals surface area contributed by atoms with Gasteiger partial charge in [-0.15, -0.1) is 0 Å². The van der Waals surface area contributed by atoms with Gasteiger partial charge in [0.25, 0.3) is 5.56 Å². The third-order valence-electron chi connectivity index (χ3n) is 5.41. The molecular formula is C26H25FN4O2S. The highest BCUT2D eigenvalue weighted by atomic mass is 32.2. The number of pyridine rings is 1. The summed E-state index contributed by atoms with van der Waals surface area (Å²) in [5.74, 6) is 0.0782. The maximum atomic E-state index is 13.3. The van der Waals surface area contributed by atoms with Gasteiger partial charge < -0.3 is 5.32 Å². The molecule has 1 N–H and O–H groups in total. The molecule has 0 aliphatic heterocycles. The summed E-state index contributed by atoms with van der Waals surface area (Å²) in [5.41, 5.74) is 2.13. The van der Waals surface area contributed by atoms with Gasteiger partial charge in [-0.1, -0.05) is 55.9 Å². The number of hydrogen-bond donors (Lipinski definition) is 1. The van der Waals surface area contributed by atoms with Crippen LogP contribution in [0.15, 0.2) is 76.8 Å². The van der Waals surface area contributed by atoms with E-state index < -0.39 is 0 Å². The summed E-state index contributed by atoms with van der Waals surface area (Å²) in [7, 11) is 0. The van der Waals surface area contributed by atoms with Crippen LogP contribution in [0.3, 0.4) is 0 Å². The van der Waals surface area contributed by atoms with Crippen molar-refractivity contribution in [1.82, 2.24) is 19.9 Å². The van der Waals surface area contributed by atoms with Crippen LogP contribution in [0.5, 0.6) is 0 Å². The highest BCUT2D eigenvalue weighted by Gasteiger charge is 2.20. The Balaban J connectivity index is 1.61. The Kier molecular flexibility index (Phi) is 7.07. The minimum Gasteiger partial charge on any atom is -0.348 e. The standard InChI is InChI=1S/C26H25FN4O2S/c1-16(2)24(18-9-11-19(27)12-10-18)30-23(32)15-34-26-29-21-7-5-4-6-20(21)25(33)31(26)22-13-8-17(3)14-28-22/h4-14,16,24H,15H2,1-3H3,(H,30,32). The average molecular weight is 477 g/mol. The molecule has 0 radical (unpaired) electrons. The minimum atomic E-state index is -0.321. The third-order valence-corrected chi connectivity index (χ3v) is 6.35. The van der Waals surface area contributed by atoms with Crippen molar-refractivity contribution in [3.8, 4) is 5.82 Å². The summed E-state index contributed by atoms with van der Waals surface area (Å²) in [5, 5.41) is 3.90. The molecule has 1 amide bonds. The van der Waals surface area contributed by atoms with Crippen LogP contribution in [-0.4, -0.2) is 26.2 Å². The van der Waals surface area contributed by atoms with Gasteiger partial charge in [0.15, 0.2) is 5.16 Å². The fourth-order valence-electron chi connectivity index (χ4n) is 3.65. The molecule has 2 aromatic carbocycles. The monoisotopic (exact) mass is 476 g/mol. The molecule has 6 nitrogen and oxygen atoms in total. The summed E-state index contributed by atoms with van der Waals surface area (Å²) in [6.45, 7) is 5.91. The Hall–Kier alpha value is -3.52. The molecule has 0 saturated carbocycles. The predicted molar refractivity (Wildman–Crippen MR) is 133 cm³/mol. The summed E-state index contributed by atoms with van der Waals surface area (Å²) in [6.07, 6.45) is 1.69. The molecule has 0 saturated heterocycles. The number of rotatable bonds is 7. The van der Waals surface area contributed by atoms with Crippen molar-refractivity contribution in [3.05, 3.63) is 94.2 Å². The normalized spacial score (nSPS) is 12.1. The number of nitrogens with one attached hydrogen (secondary N) is 1. The molecule has 2 aromatic heterocycles. The molecule has 0 fully saturated rings. The number of halogens is 1. The number of para-hydroxylation sites is 1. The van der Waals surface area contributed by atoms with Gasteiger partial charge in [0.05, 0.1) is 22.7 Å². The number of aromatic nitrogens is 3. The van der Waals surface area contributed by atoms with Crippen LogP contribution >= 0.6 is 11.8 Å². The zero-order valence-electron chi connectivity index (χ0n) is 19.2. The molecular weight excluding hydrogens is 451 g/mol. The first-order valence-electron chi connectivity index (χ1n) is 11.0. The van der Waals surface area contributed by atoms with E-state index >= 15 is 0 Å². The zero-order valence-corrected chi connectivity index (χ0v) is 20.0. The quantitative estimate of drug-likeness (QED) is 0.305. The molecule has 4 rings (SSSR count). The molecule has 0 spiro atoms. The maximum absolute atomic E-state index is 13.3. The Bertz CT molecular complexity index is 1370. The van der Waals surface area contributed by atoms with Gasteiger partial charge in [-0.3, -0.25) is 9.59 Å². The third kappa shape index (κ3) is 5.17. The van der Waals surface area contributed by atoms with Crippen LogP contribution in [0.2, 0.25) is 0 Å². The topological polar surface area (TPSA) is 76.9 Å². The van der Waals surface area contributed by atoms with E-state index in [0.29, 0.717) is 21.9 Å². The Morgan fingerprint density at radius 1 is 1.09 bits per heavy atom. The number of carbonyl (C=O) groups excluding carboxylic acids is 1. The number of amides is 1. The number of hydrogen-bond acceptors (Lipinski definition) is 5. The summed E-state index contributed by atoms with van der Waals surface area (Å²) >= 11 is 1.17. The molecule has 1 atom stereocenters. The number of nitrogens with zero attached hydrogens (tertiary/aromatic N) is 3. The van der Waals surface area contributed by atoms with Gasteiger partial charge >= 0.3 is 0 Å². The van der Waals surface area contributed by atoms with Crippen molar-refractivity contribution in [2.24, 2.45) is 5.92 Å². The summed E-state index contributed by atoms with van der Waals surface area (Å²) in [6, 6.07) is 16.6. The lowest BCUT2D eigenvalue weighted by molar-refractivity contribution is -0.119. The summed E-state index contributed by atoms with van der Waals surface area (Å²) in [4.78, 5) is 35.2. The van der Waals surface area contributed by atoms with E-state index in [1.54, 1.807) is 42.6 Å². The van der Waals surface area contributed by atoms with Crippen LogP contribution < -0.4 is 10.9 Å². The summed E-state index contributed by atoms with van der Waals surface area (Å²) < 4.78 is 14.8.